The predicted molar refractivity (Wildman–Crippen MR) is 87.3 cm³/mol. The molecule has 3 heteroatoms. The van der Waals surface area contributed by atoms with Crippen molar-refractivity contribution >= 4 is 0 Å². The van der Waals surface area contributed by atoms with Crippen molar-refractivity contribution in [2.24, 2.45) is 0 Å². The SMILES string of the molecule is CCC1CN(C)CCCN1CCCNC1CCCCC1. The van der Waals surface area contributed by atoms with E-state index in [4.69, 9.17) is 0 Å². The molecule has 0 spiro atoms. The Morgan fingerprint density at radius 1 is 1.05 bits per heavy atom. The lowest BCUT2D eigenvalue weighted by molar-refractivity contribution is 0.180. The van der Waals surface area contributed by atoms with Gasteiger partial charge in [0.15, 0.2) is 0 Å². The molecule has 2 aliphatic rings. The van der Waals surface area contributed by atoms with Crippen molar-refractivity contribution < 1.29 is 0 Å². The van der Waals surface area contributed by atoms with Crippen molar-refractivity contribution in [1.82, 2.24) is 15.1 Å². The highest BCUT2D eigenvalue weighted by Gasteiger charge is 2.21. The van der Waals surface area contributed by atoms with E-state index in [1.165, 1.54) is 84.1 Å². The van der Waals surface area contributed by atoms with Crippen LogP contribution in [-0.2, 0) is 0 Å². The average molecular weight is 281 g/mol. The summed E-state index contributed by atoms with van der Waals surface area (Å²) in [5.41, 5.74) is 0. The van der Waals surface area contributed by atoms with Gasteiger partial charge >= 0.3 is 0 Å². The molecule has 0 aromatic rings. The van der Waals surface area contributed by atoms with Crippen LogP contribution in [0.25, 0.3) is 0 Å². The van der Waals surface area contributed by atoms with Gasteiger partial charge in [-0.15, -0.1) is 0 Å². The van der Waals surface area contributed by atoms with E-state index < -0.39 is 0 Å². The van der Waals surface area contributed by atoms with E-state index in [1.54, 1.807) is 0 Å². The smallest absolute Gasteiger partial charge is 0.0220 e. The standard InChI is InChI=1S/C17H35N3/c1-3-17-15-19(2)12-8-14-20(17)13-7-11-18-16-9-5-4-6-10-16/h16-18H,3-15H2,1-2H3. The number of nitrogens with one attached hydrogen (secondary N) is 1. The molecule has 1 atom stereocenters. The lowest BCUT2D eigenvalue weighted by atomic mass is 9.95. The Labute approximate surface area is 126 Å². The van der Waals surface area contributed by atoms with Crippen LogP contribution in [0.15, 0.2) is 0 Å². The Kier molecular flexibility index (Phi) is 7.32. The summed E-state index contributed by atoms with van der Waals surface area (Å²) in [5.74, 6) is 0. The first kappa shape index (κ1) is 16.3. The molecule has 1 saturated heterocycles. The van der Waals surface area contributed by atoms with Crippen LogP contribution in [-0.4, -0.2) is 61.7 Å². The molecule has 3 nitrogen and oxygen atoms in total. The van der Waals surface area contributed by atoms with Crippen molar-refractivity contribution in [3.05, 3.63) is 0 Å². The Morgan fingerprint density at radius 2 is 1.85 bits per heavy atom. The molecule has 0 amide bonds. The Bertz CT molecular complexity index is 251. The molecule has 118 valence electrons. The van der Waals surface area contributed by atoms with Gasteiger partial charge in [0.1, 0.15) is 0 Å². The fraction of sp³-hybridized carbons (Fsp3) is 1.00. The van der Waals surface area contributed by atoms with Crippen molar-refractivity contribution in [3.63, 3.8) is 0 Å². The zero-order valence-corrected chi connectivity index (χ0v) is 13.7. The maximum absolute atomic E-state index is 3.78. The van der Waals surface area contributed by atoms with E-state index in [1.807, 2.05) is 0 Å². The third-order valence-electron chi connectivity index (χ3n) is 5.16. The minimum absolute atomic E-state index is 0.775. The zero-order valence-electron chi connectivity index (χ0n) is 13.7. The number of hydrogen-bond acceptors (Lipinski definition) is 3. The quantitative estimate of drug-likeness (QED) is 0.755. The third-order valence-corrected chi connectivity index (χ3v) is 5.16. The molecular weight excluding hydrogens is 246 g/mol. The van der Waals surface area contributed by atoms with Crippen LogP contribution >= 0.6 is 0 Å². The Morgan fingerprint density at radius 3 is 2.60 bits per heavy atom. The molecular formula is C17H35N3. The Hall–Kier alpha value is -0.120. The van der Waals surface area contributed by atoms with Crippen molar-refractivity contribution in [3.8, 4) is 0 Å². The number of nitrogens with zero attached hydrogens (tertiary/aromatic N) is 2. The number of likely N-dealkylation sites (N-methyl/N-ethyl adjacent to an activating group) is 1. The summed E-state index contributed by atoms with van der Waals surface area (Å²) in [6.45, 7) is 8.67. The molecule has 0 aromatic carbocycles. The van der Waals surface area contributed by atoms with Crippen LogP contribution in [0.1, 0.15) is 58.3 Å². The summed E-state index contributed by atoms with van der Waals surface area (Å²) in [7, 11) is 2.27. The van der Waals surface area contributed by atoms with E-state index in [2.05, 4.69) is 29.1 Å². The summed E-state index contributed by atoms with van der Waals surface area (Å²) in [4.78, 5) is 5.25. The molecule has 2 fully saturated rings. The first-order chi connectivity index (χ1) is 9.79. The van der Waals surface area contributed by atoms with Gasteiger partial charge in [-0.2, -0.15) is 0 Å². The van der Waals surface area contributed by atoms with Gasteiger partial charge in [0.2, 0.25) is 0 Å². The second-order valence-electron chi connectivity index (χ2n) is 6.86. The Balaban J connectivity index is 1.63. The van der Waals surface area contributed by atoms with Crippen LogP contribution in [0.5, 0.6) is 0 Å². The molecule has 2 rings (SSSR count). The van der Waals surface area contributed by atoms with Gasteiger partial charge in [-0.1, -0.05) is 26.2 Å². The summed E-state index contributed by atoms with van der Waals surface area (Å²) in [6, 6.07) is 1.60. The van der Waals surface area contributed by atoms with Gasteiger partial charge in [-0.3, -0.25) is 4.90 Å². The van der Waals surface area contributed by atoms with Crippen LogP contribution in [0.4, 0.5) is 0 Å². The molecule has 0 radical (unpaired) electrons. The normalized spacial score (nSPS) is 27.6. The molecule has 0 bridgehead atoms. The zero-order chi connectivity index (χ0) is 14.2. The molecule has 1 unspecified atom stereocenters. The second-order valence-corrected chi connectivity index (χ2v) is 6.86. The van der Waals surface area contributed by atoms with Gasteiger partial charge in [-0.05, 0) is 65.3 Å². The number of rotatable bonds is 6. The maximum atomic E-state index is 3.78. The van der Waals surface area contributed by atoms with Crippen molar-refractivity contribution in [2.75, 3.05) is 39.8 Å². The van der Waals surface area contributed by atoms with Crippen LogP contribution in [0, 0.1) is 0 Å². The lowest BCUT2D eigenvalue weighted by Crippen LogP contribution is -2.41. The highest BCUT2D eigenvalue weighted by atomic mass is 15.2. The molecule has 20 heavy (non-hydrogen) atoms. The first-order valence-electron chi connectivity index (χ1n) is 8.95. The molecule has 1 heterocycles. The van der Waals surface area contributed by atoms with E-state index >= 15 is 0 Å². The highest BCUT2D eigenvalue weighted by Crippen LogP contribution is 2.17. The molecule has 1 saturated carbocycles. The highest BCUT2D eigenvalue weighted by molar-refractivity contribution is 4.78. The lowest BCUT2D eigenvalue weighted by Gasteiger charge is -2.30. The van der Waals surface area contributed by atoms with E-state index in [0.29, 0.717) is 0 Å². The van der Waals surface area contributed by atoms with Gasteiger partial charge in [0.05, 0.1) is 0 Å². The van der Waals surface area contributed by atoms with Gasteiger partial charge in [-0.25, -0.2) is 0 Å². The molecule has 1 aliphatic carbocycles. The van der Waals surface area contributed by atoms with Crippen LogP contribution in [0.2, 0.25) is 0 Å². The number of hydrogen-bond donors (Lipinski definition) is 1. The summed E-state index contributed by atoms with van der Waals surface area (Å²) in [6.07, 6.45) is 11.1. The van der Waals surface area contributed by atoms with Crippen molar-refractivity contribution in [2.45, 2.75) is 70.4 Å². The average Bonchev–Trinajstić information content (AvgIpc) is 2.66. The third kappa shape index (κ3) is 5.34. The van der Waals surface area contributed by atoms with E-state index in [-0.39, 0.29) is 0 Å². The van der Waals surface area contributed by atoms with Gasteiger partial charge in [0, 0.05) is 18.6 Å². The second kappa shape index (κ2) is 9.01. The summed E-state index contributed by atoms with van der Waals surface area (Å²) >= 11 is 0. The van der Waals surface area contributed by atoms with E-state index in [0.717, 1.165) is 12.1 Å². The van der Waals surface area contributed by atoms with Gasteiger partial charge in [0.25, 0.3) is 0 Å². The van der Waals surface area contributed by atoms with Gasteiger partial charge < -0.3 is 10.2 Å². The molecule has 1 N–H and O–H groups in total. The van der Waals surface area contributed by atoms with E-state index in [9.17, 15) is 0 Å². The largest absolute Gasteiger partial charge is 0.314 e. The predicted octanol–water partition coefficient (Wildman–Crippen LogP) is 2.71. The van der Waals surface area contributed by atoms with Crippen molar-refractivity contribution in [1.29, 1.82) is 0 Å². The maximum Gasteiger partial charge on any atom is 0.0220 e. The fourth-order valence-corrected chi connectivity index (χ4v) is 3.87. The molecule has 0 aromatic heterocycles. The summed E-state index contributed by atoms with van der Waals surface area (Å²) in [5, 5.41) is 3.78. The fourth-order valence-electron chi connectivity index (χ4n) is 3.87. The topological polar surface area (TPSA) is 18.5 Å². The van der Waals surface area contributed by atoms with Crippen LogP contribution < -0.4 is 5.32 Å². The minimum Gasteiger partial charge on any atom is -0.314 e. The molecule has 1 aliphatic heterocycles. The first-order valence-corrected chi connectivity index (χ1v) is 8.95. The summed E-state index contributed by atoms with van der Waals surface area (Å²) < 4.78 is 0. The van der Waals surface area contributed by atoms with Crippen LogP contribution in [0.3, 0.4) is 0 Å². The minimum atomic E-state index is 0.775. The monoisotopic (exact) mass is 281 g/mol.